The number of rotatable bonds is 5. The Kier molecular flexibility index (Phi) is 4.92. The smallest absolute Gasteiger partial charge is 0.225 e. The monoisotopic (exact) mass is 263 g/mol. The molecule has 0 aliphatic carbocycles. The van der Waals surface area contributed by atoms with Crippen LogP contribution < -0.4 is 11.1 Å². The molecular weight excluding hydrogens is 242 g/mol. The molecule has 0 heterocycles. The summed E-state index contributed by atoms with van der Waals surface area (Å²) >= 11 is 0. The van der Waals surface area contributed by atoms with Crippen LogP contribution >= 0.6 is 0 Å². The normalized spacial score (nSPS) is 12.3. The number of hydrogen-bond donors (Lipinski definition) is 3. The number of carbonyl (C=O) groups is 1. The number of carbonyl (C=O) groups excluding carboxylic acids is 1. The second-order valence-corrected chi connectivity index (χ2v) is 5.11. The standard InChI is InChI=1S/C14H21N3O2/c1-4-14(2,3)13(18)16-9-10-6-5-7-11(8-10)12(15)17-19/h5-8,19H,4,9H2,1-3H3,(H2,15,17)(H,16,18). The molecule has 104 valence electrons. The number of nitrogens with zero attached hydrogens (tertiary/aromatic N) is 1. The Morgan fingerprint density at radius 1 is 1.47 bits per heavy atom. The third-order valence-corrected chi connectivity index (χ3v) is 3.28. The lowest BCUT2D eigenvalue weighted by molar-refractivity contribution is -0.129. The molecular formula is C14H21N3O2. The van der Waals surface area contributed by atoms with Crippen molar-refractivity contribution in [3.05, 3.63) is 35.4 Å². The van der Waals surface area contributed by atoms with Crippen molar-refractivity contribution in [3.8, 4) is 0 Å². The van der Waals surface area contributed by atoms with E-state index in [0.29, 0.717) is 12.1 Å². The average Bonchev–Trinajstić information content (AvgIpc) is 2.43. The minimum atomic E-state index is -0.372. The van der Waals surface area contributed by atoms with Gasteiger partial charge in [-0.3, -0.25) is 4.79 Å². The van der Waals surface area contributed by atoms with Gasteiger partial charge in [0.15, 0.2) is 5.84 Å². The molecule has 5 heteroatoms. The average molecular weight is 263 g/mol. The fraction of sp³-hybridized carbons (Fsp3) is 0.429. The summed E-state index contributed by atoms with van der Waals surface area (Å²) in [5, 5.41) is 14.5. The highest BCUT2D eigenvalue weighted by atomic mass is 16.4. The first kappa shape index (κ1) is 15.0. The molecule has 5 nitrogen and oxygen atoms in total. The molecule has 0 radical (unpaired) electrons. The molecule has 1 amide bonds. The second-order valence-electron chi connectivity index (χ2n) is 5.11. The van der Waals surface area contributed by atoms with Crippen molar-refractivity contribution in [2.24, 2.45) is 16.3 Å². The largest absolute Gasteiger partial charge is 0.409 e. The summed E-state index contributed by atoms with van der Waals surface area (Å²) in [6, 6.07) is 7.22. The van der Waals surface area contributed by atoms with Gasteiger partial charge in [0.05, 0.1) is 0 Å². The summed E-state index contributed by atoms with van der Waals surface area (Å²) in [7, 11) is 0. The minimum absolute atomic E-state index is 0.0178. The number of hydrogen-bond acceptors (Lipinski definition) is 3. The summed E-state index contributed by atoms with van der Waals surface area (Å²) in [6.45, 7) is 6.23. The zero-order valence-electron chi connectivity index (χ0n) is 11.6. The Balaban J connectivity index is 2.72. The maximum Gasteiger partial charge on any atom is 0.225 e. The fourth-order valence-corrected chi connectivity index (χ4v) is 1.48. The predicted octanol–water partition coefficient (Wildman–Crippen LogP) is 1.83. The molecule has 0 atom stereocenters. The van der Waals surface area contributed by atoms with Crippen molar-refractivity contribution in [2.45, 2.75) is 33.7 Å². The van der Waals surface area contributed by atoms with Gasteiger partial charge in [-0.15, -0.1) is 0 Å². The van der Waals surface area contributed by atoms with Crippen LogP contribution in [0, 0.1) is 5.41 Å². The number of nitrogens with one attached hydrogen (secondary N) is 1. The Morgan fingerprint density at radius 3 is 2.74 bits per heavy atom. The lowest BCUT2D eigenvalue weighted by Gasteiger charge is -2.21. The number of nitrogens with two attached hydrogens (primary N) is 1. The highest BCUT2D eigenvalue weighted by Gasteiger charge is 2.24. The Labute approximate surface area is 113 Å². The van der Waals surface area contributed by atoms with E-state index in [1.807, 2.05) is 26.8 Å². The van der Waals surface area contributed by atoms with E-state index < -0.39 is 0 Å². The van der Waals surface area contributed by atoms with Gasteiger partial charge >= 0.3 is 0 Å². The summed E-state index contributed by atoms with van der Waals surface area (Å²) in [5.74, 6) is 0.0752. The summed E-state index contributed by atoms with van der Waals surface area (Å²) in [6.07, 6.45) is 0.781. The summed E-state index contributed by atoms with van der Waals surface area (Å²) < 4.78 is 0. The number of amides is 1. The van der Waals surface area contributed by atoms with E-state index in [1.165, 1.54) is 0 Å². The highest BCUT2D eigenvalue weighted by molar-refractivity contribution is 5.97. The van der Waals surface area contributed by atoms with Crippen LogP contribution in [0.15, 0.2) is 29.4 Å². The molecule has 0 saturated carbocycles. The summed E-state index contributed by atoms with van der Waals surface area (Å²) in [4.78, 5) is 11.9. The zero-order valence-corrected chi connectivity index (χ0v) is 11.6. The van der Waals surface area contributed by atoms with Crippen LogP contribution in [0.4, 0.5) is 0 Å². The number of oxime groups is 1. The van der Waals surface area contributed by atoms with E-state index in [2.05, 4.69) is 10.5 Å². The van der Waals surface area contributed by atoms with Crippen LogP contribution in [0.25, 0.3) is 0 Å². The third-order valence-electron chi connectivity index (χ3n) is 3.28. The topological polar surface area (TPSA) is 87.7 Å². The molecule has 19 heavy (non-hydrogen) atoms. The summed E-state index contributed by atoms with van der Waals surface area (Å²) in [5.41, 5.74) is 6.69. The molecule has 0 aliphatic heterocycles. The first-order chi connectivity index (χ1) is 8.90. The lowest BCUT2D eigenvalue weighted by Crippen LogP contribution is -2.36. The quantitative estimate of drug-likeness (QED) is 0.328. The molecule has 0 aromatic heterocycles. The van der Waals surface area contributed by atoms with Gasteiger partial charge in [-0.1, -0.05) is 44.1 Å². The van der Waals surface area contributed by atoms with E-state index >= 15 is 0 Å². The van der Waals surface area contributed by atoms with Crippen LogP contribution in [0.2, 0.25) is 0 Å². The SMILES string of the molecule is CCC(C)(C)C(=O)NCc1cccc(C(N)=NO)c1. The van der Waals surface area contributed by atoms with Gasteiger partial charge in [-0.2, -0.15) is 0 Å². The van der Waals surface area contributed by atoms with Crippen LogP contribution in [-0.2, 0) is 11.3 Å². The first-order valence-corrected chi connectivity index (χ1v) is 6.26. The van der Waals surface area contributed by atoms with Gasteiger partial charge in [0.2, 0.25) is 5.91 Å². The highest BCUT2D eigenvalue weighted by Crippen LogP contribution is 2.19. The third kappa shape index (κ3) is 3.98. The molecule has 0 spiro atoms. The molecule has 1 aromatic rings. The van der Waals surface area contributed by atoms with Crippen LogP contribution in [0.1, 0.15) is 38.3 Å². The van der Waals surface area contributed by atoms with Gasteiger partial charge in [0, 0.05) is 17.5 Å². The van der Waals surface area contributed by atoms with Gasteiger partial charge in [0.1, 0.15) is 0 Å². The van der Waals surface area contributed by atoms with E-state index in [0.717, 1.165) is 12.0 Å². The predicted molar refractivity (Wildman–Crippen MR) is 74.9 cm³/mol. The molecule has 1 aromatic carbocycles. The van der Waals surface area contributed by atoms with Crippen molar-refractivity contribution < 1.29 is 10.0 Å². The number of amidine groups is 1. The van der Waals surface area contributed by atoms with Crippen LogP contribution in [-0.4, -0.2) is 17.0 Å². The van der Waals surface area contributed by atoms with Crippen molar-refractivity contribution in [3.63, 3.8) is 0 Å². The molecule has 0 bridgehead atoms. The van der Waals surface area contributed by atoms with E-state index in [-0.39, 0.29) is 17.2 Å². The fourth-order valence-electron chi connectivity index (χ4n) is 1.48. The van der Waals surface area contributed by atoms with Crippen molar-refractivity contribution >= 4 is 11.7 Å². The van der Waals surface area contributed by atoms with E-state index in [1.54, 1.807) is 18.2 Å². The van der Waals surface area contributed by atoms with Gasteiger partial charge in [0.25, 0.3) is 0 Å². The minimum Gasteiger partial charge on any atom is -0.409 e. The molecule has 0 fully saturated rings. The van der Waals surface area contributed by atoms with E-state index in [9.17, 15) is 4.79 Å². The maximum absolute atomic E-state index is 11.9. The van der Waals surface area contributed by atoms with Gasteiger partial charge in [-0.25, -0.2) is 0 Å². The zero-order chi connectivity index (χ0) is 14.5. The van der Waals surface area contributed by atoms with Crippen molar-refractivity contribution in [1.82, 2.24) is 5.32 Å². The van der Waals surface area contributed by atoms with Gasteiger partial charge < -0.3 is 16.3 Å². The first-order valence-electron chi connectivity index (χ1n) is 6.26. The van der Waals surface area contributed by atoms with Crippen molar-refractivity contribution in [2.75, 3.05) is 0 Å². The van der Waals surface area contributed by atoms with Crippen LogP contribution in [0.5, 0.6) is 0 Å². The molecule has 0 aliphatic rings. The molecule has 0 unspecified atom stereocenters. The molecule has 1 rings (SSSR count). The van der Waals surface area contributed by atoms with Crippen molar-refractivity contribution in [1.29, 1.82) is 0 Å². The van der Waals surface area contributed by atoms with Gasteiger partial charge in [-0.05, 0) is 18.1 Å². The second kappa shape index (κ2) is 6.22. The van der Waals surface area contributed by atoms with E-state index in [4.69, 9.17) is 10.9 Å². The Hall–Kier alpha value is -2.04. The Morgan fingerprint density at radius 2 is 2.16 bits per heavy atom. The molecule has 4 N–H and O–H groups in total. The molecule has 0 saturated heterocycles. The maximum atomic E-state index is 11.9. The number of benzene rings is 1. The van der Waals surface area contributed by atoms with Crippen LogP contribution in [0.3, 0.4) is 0 Å². The lowest BCUT2D eigenvalue weighted by atomic mass is 9.89. The Bertz CT molecular complexity index is 481.